The van der Waals surface area contributed by atoms with Crippen LogP contribution in [-0.4, -0.2) is 172 Å². The highest BCUT2D eigenvalue weighted by molar-refractivity contribution is 8.00. The van der Waals surface area contributed by atoms with Gasteiger partial charge in [0, 0.05) is 30.4 Å². The summed E-state index contributed by atoms with van der Waals surface area (Å²) in [5.41, 5.74) is 10.5. The van der Waals surface area contributed by atoms with Crippen LogP contribution in [0.25, 0.3) is 6.08 Å². The summed E-state index contributed by atoms with van der Waals surface area (Å²) >= 11 is 0.992. The largest absolute Gasteiger partial charge is 0.503 e. The molecular formula is C33H42N6O21S2. The molecule has 0 fully saturated rings. The molecule has 0 aliphatic rings. The number of ether oxygens (including phenoxy) is 1. The van der Waals surface area contributed by atoms with Gasteiger partial charge in [0.15, 0.2) is 17.6 Å². The minimum absolute atomic E-state index is 0.308. The summed E-state index contributed by atoms with van der Waals surface area (Å²) < 4.78 is 4.54. The van der Waals surface area contributed by atoms with Gasteiger partial charge in [-0.2, -0.15) is 0 Å². The number of carboxylic acid groups (broad SMARTS) is 6. The lowest BCUT2D eigenvalue weighted by Gasteiger charge is -2.21. The number of esters is 1. The molecule has 0 aliphatic carbocycles. The number of hydrogen-bond acceptors (Lipinski definition) is 19. The third-order valence-electron chi connectivity index (χ3n) is 7.58. The third kappa shape index (κ3) is 18.7. The van der Waals surface area contributed by atoms with E-state index in [0.717, 1.165) is 12.1 Å². The van der Waals surface area contributed by atoms with Gasteiger partial charge in [-0.3, -0.25) is 38.4 Å². The lowest BCUT2D eigenvalue weighted by atomic mass is 10.1. The molecule has 1 rings (SSSR count). The predicted octanol–water partition coefficient (Wildman–Crippen LogP) is -4.51. The molecule has 342 valence electrons. The molecule has 0 saturated carbocycles. The predicted molar refractivity (Wildman–Crippen MR) is 206 cm³/mol. The highest BCUT2D eigenvalue weighted by Crippen LogP contribution is 2.45. The molecule has 1 aromatic carbocycles. The third-order valence-corrected chi connectivity index (χ3v) is 9.92. The Morgan fingerprint density at radius 3 is 1.52 bits per heavy atom. The van der Waals surface area contributed by atoms with E-state index in [-0.39, 0.29) is 16.9 Å². The van der Waals surface area contributed by atoms with Crippen LogP contribution < -0.4 is 32.7 Å². The van der Waals surface area contributed by atoms with E-state index in [9.17, 15) is 73.2 Å². The Labute approximate surface area is 356 Å². The van der Waals surface area contributed by atoms with Crippen molar-refractivity contribution in [2.45, 2.75) is 71.8 Å². The smallest absolute Gasteiger partial charge is 0.348 e. The van der Waals surface area contributed by atoms with Crippen molar-refractivity contribution in [3.8, 4) is 11.5 Å². The van der Waals surface area contributed by atoms with E-state index in [2.05, 4.69) is 15.4 Å². The van der Waals surface area contributed by atoms with Gasteiger partial charge in [-0.05, 0) is 30.5 Å². The maximum Gasteiger partial charge on any atom is 0.348 e. The van der Waals surface area contributed by atoms with Gasteiger partial charge in [0.05, 0.1) is 9.79 Å². The van der Waals surface area contributed by atoms with Crippen molar-refractivity contribution in [3.63, 3.8) is 0 Å². The van der Waals surface area contributed by atoms with Crippen molar-refractivity contribution in [1.29, 1.82) is 0 Å². The number of aliphatic carboxylic acids is 6. The first-order valence-electron chi connectivity index (χ1n) is 17.3. The summed E-state index contributed by atoms with van der Waals surface area (Å²) in [6, 6.07) is -5.18. The molecule has 6 unspecified atom stereocenters. The molecular weight excluding hydrogens is 881 g/mol. The van der Waals surface area contributed by atoms with E-state index in [1.807, 2.05) is 10.6 Å². The first kappa shape index (κ1) is 53.3. The number of carbonyl (C=O) groups excluding carboxylic acids is 5. The topological polar surface area (TPSA) is 479 Å². The highest BCUT2D eigenvalue weighted by Gasteiger charge is 2.35. The van der Waals surface area contributed by atoms with Gasteiger partial charge in [-0.15, -0.1) is 23.5 Å². The molecule has 1 aromatic rings. The van der Waals surface area contributed by atoms with Crippen molar-refractivity contribution in [2.24, 2.45) is 11.5 Å². The molecule has 62 heavy (non-hydrogen) atoms. The van der Waals surface area contributed by atoms with Gasteiger partial charge in [-0.25, -0.2) is 14.4 Å². The van der Waals surface area contributed by atoms with E-state index in [4.69, 9.17) is 37.0 Å². The zero-order valence-electron chi connectivity index (χ0n) is 31.7. The molecule has 0 saturated heterocycles. The fourth-order valence-electron chi connectivity index (χ4n) is 4.35. The van der Waals surface area contributed by atoms with Crippen LogP contribution in [0.3, 0.4) is 0 Å². The Balaban J connectivity index is 3.72. The van der Waals surface area contributed by atoms with E-state index in [0.29, 0.717) is 29.6 Å². The van der Waals surface area contributed by atoms with Crippen molar-refractivity contribution in [3.05, 3.63) is 17.7 Å². The number of phenols is 2. The van der Waals surface area contributed by atoms with Gasteiger partial charge in [0.1, 0.15) is 37.3 Å². The first-order chi connectivity index (χ1) is 28.8. The average molecular weight is 923 g/mol. The van der Waals surface area contributed by atoms with Gasteiger partial charge >= 0.3 is 41.8 Å². The molecule has 0 spiro atoms. The molecule has 6 atom stereocenters. The number of nitrogens with two attached hydrogens (primary N) is 2. The molecule has 29 heteroatoms. The van der Waals surface area contributed by atoms with Crippen molar-refractivity contribution >= 4 is 95.0 Å². The molecule has 0 aliphatic heterocycles. The number of aliphatic hydroxyl groups is 1. The summed E-state index contributed by atoms with van der Waals surface area (Å²) in [6.07, 6.45) is -5.90. The number of thioether (sulfide) groups is 2. The number of hydrogen-bond donors (Lipinski definition) is 15. The van der Waals surface area contributed by atoms with Crippen LogP contribution in [0, 0.1) is 0 Å². The lowest BCUT2D eigenvalue weighted by Crippen LogP contribution is -2.49. The number of aliphatic hydroxyl groups excluding tert-OH is 1. The average Bonchev–Trinajstić information content (AvgIpc) is 3.19. The van der Waals surface area contributed by atoms with Crippen LogP contribution >= 0.6 is 23.5 Å². The number of benzene rings is 1. The van der Waals surface area contributed by atoms with Crippen molar-refractivity contribution in [2.75, 3.05) is 24.6 Å². The molecule has 0 heterocycles. The van der Waals surface area contributed by atoms with E-state index in [1.165, 1.54) is 0 Å². The second-order valence-electron chi connectivity index (χ2n) is 12.4. The summed E-state index contributed by atoms with van der Waals surface area (Å²) in [5, 5.41) is 94.7. The van der Waals surface area contributed by atoms with Crippen LogP contribution in [-0.2, 0) is 57.5 Å². The number of phenolic OH excluding ortho intramolecular Hbond substituents is 2. The van der Waals surface area contributed by atoms with Crippen LogP contribution in [0.5, 0.6) is 11.5 Å². The normalized spacial score (nSPS) is 13.9. The SMILES string of the molecule is NC(CCC(=O)NC(CSc1cc(/C=C/C(=O)OC(C(=O)O)C(O)C(=O)O)c(SCC(NC(=O)CCC(N)C(=O)O)C(=O)NCC(=O)O)c(O)c1O)C(=O)NCC(=O)O)C(=O)O. The number of rotatable bonds is 28. The Morgan fingerprint density at radius 1 is 0.661 bits per heavy atom. The Hall–Kier alpha value is -6.69. The van der Waals surface area contributed by atoms with E-state index >= 15 is 0 Å². The van der Waals surface area contributed by atoms with Gasteiger partial charge in [0.25, 0.3) is 0 Å². The number of aromatic hydroxyl groups is 2. The fourth-order valence-corrected chi connectivity index (χ4v) is 6.47. The molecule has 27 nitrogen and oxygen atoms in total. The monoisotopic (exact) mass is 922 g/mol. The molecule has 0 aromatic heterocycles. The van der Waals surface area contributed by atoms with E-state index < -0.39 is 162 Å². The number of carbonyl (C=O) groups is 11. The second kappa shape index (κ2) is 25.8. The zero-order valence-corrected chi connectivity index (χ0v) is 33.4. The maximum atomic E-state index is 12.9. The maximum absolute atomic E-state index is 12.9. The molecule has 4 amide bonds. The highest BCUT2D eigenvalue weighted by atomic mass is 32.2. The summed E-state index contributed by atoms with van der Waals surface area (Å²) in [4.78, 5) is 130. The van der Waals surface area contributed by atoms with Crippen LogP contribution in [0.4, 0.5) is 0 Å². The van der Waals surface area contributed by atoms with Crippen molar-refractivity contribution in [1.82, 2.24) is 21.3 Å². The second-order valence-corrected chi connectivity index (χ2v) is 14.4. The van der Waals surface area contributed by atoms with Gasteiger partial charge in [-0.1, -0.05) is 0 Å². The molecule has 0 bridgehead atoms. The van der Waals surface area contributed by atoms with Gasteiger partial charge in [0.2, 0.25) is 29.7 Å². The van der Waals surface area contributed by atoms with Crippen molar-refractivity contribution < 1.29 is 103 Å². The Morgan fingerprint density at radius 2 is 1.11 bits per heavy atom. The van der Waals surface area contributed by atoms with Gasteiger partial charge < -0.3 is 83.4 Å². The minimum atomic E-state index is -2.73. The lowest BCUT2D eigenvalue weighted by molar-refractivity contribution is -0.176. The van der Waals surface area contributed by atoms with Crippen LogP contribution in [0.15, 0.2) is 21.9 Å². The standard InChI is InChI=1S/C33H42N6O21S2/c34-13(30(52)53)2-4-18(40)38-15(28(50)36-8-20(42)43)10-61-17-7-12(1-6-22(46)60-26(33(58)59)25(49)32(56)57)27(24(48)23(17)47)62-11-16(29(51)37-9-21(44)45)39-19(41)5-3-14(35)31(54)55/h1,6-7,13-16,25-26,47-49H,2-5,8-11,34-35H2,(H,36,50)(H,37,51)(H,38,40)(H,39,41)(H,42,43)(H,44,45)(H,52,53)(H,54,55)(H,56,57)(H,58,59)/b6-1+. The van der Waals surface area contributed by atoms with Crippen LogP contribution in [0.1, 0.15) is 31.2 Å². The fraction of sp³-hybridized carbons (Fsp3) is 0.424. The molecule has 0 radical (unpaired) electrons. The summed E-state index contributed by atoms with van der Waals surface area (Å²) in [7, 11) is 0. The van der Waals surface area contributed by atoms with E-state index in [1.54, 1.807) is 0 Å². The van der Waals surface area contributed by atoms with Crippen LogP contribution in [0.2, 0.25) is 0 Å². The zero-order chi connectivity index (χ0) is 47.4. The Bertz CT molecular complexity index is 1930. The quantitative estimate of drug-likeness (QED) is 0.0163. The summed E-state index contributed by atoms with van der Waals surface area (Å²) in [5.74, 6) is -18.8. The number of nitrogens with one attached hydrogen (secondary N) is 4. The number of carboxylic acids is 6. The molecule has 17 N–H and O–H groups in total. The minimum Gasteiger partial charge on any atom is -0.503 e. The summed E-state index contributed by atoms with van der Waals surface area (Å²) in [6.45, 7) is -1.85. The number of amides is 4. The Kier molecular flexibility index (Phi) is 22.2. The first-order valence-corrected chi connectivity index (χ1v) is 19.2.